The Kier molecular flexibility index (Phi) is 4.45. The number of nitrogens with zero attached hydrogens (tertiary/aromatic N) is 5. The molecule has 5 rings (SSSR count). The van der Waals surface area contributed by atoms with Crippen LogP contribution in [0.3, 0.4) is 0 Å². The minimum atomic E-state index is -0.253. The molecule has 3 heterocycles. The highest BCUT2D eigenvalue weighted by Crippen LogP contribution is 2.55. The summed E-state index contributed by atoms with van der Waals surface area (Å²) in [6, 6.07) is 3.57. The van der Waals surface area contributed by atoms with E-state index in [9.17, 15) is 4.39 Å². The molecule has 2 atom stereocenters. The Balaban J connectivity index is 1.42. The average Bonchev–Trinajstić information content (AvgIpc) is 3.39. The van der Waals surface area contributed by atoms with Crippen LogP contribution in [0.4, 0.5) is 10.1 Å². The van der Waals surface area contributed by atoms with Crippen molar-refractivity contribution < 1.29 is 4.39 Å². The van der Waals surface area contributed by atoms with Gasteiger partial charge in [0.1, 0.15) is 11.7 Å². The van der Waals surface area contributed by atoms with Crippen LogP contribution in [0.15, 0.2) is 32.3 Å². The number of aromatic nitrogens is 3. The van der Waals surface area contributed by atoms with E-state index in [0.717, 1.165) is 61.7 Å². The van der Waals surface area contributed by atoms with Crippen LogP contribution in [0.5, 0.6) is 0 Å². The summed E-state index contributed by atoms with van der Waals surface area (Å²) in [4.78, 5) is 5.28. The van der Waals surface area contributed by atoms with E-state index in [1.165, 1.54) is 17.3 Å². The van der Waals surface area contributed by atoms with Gasteiger partial charge in [0.05, 0.1) is 4.90 Å². The highest BCUT2D eigenvalue weighted by molar-refractivity contribution is 7.99. The lowest BCUT2D eigenvalue weighted by Gasteiger charge is -2.20. The van der Waals surface area contributed by atoms with Crippen LogP contribution < -0.4 is 5.32 Å². The molecule has 1 aliphatic carbocycles. The maximum absolute atomic E-state index is 14.9. The van der Waals surface area contributed by atoms with Gasteiger partial charge in [-0.3, -0.25) is 4.99 Å². The van der Waals surface area contributed by atoms with Gasteiger partial charge in [-0.2, -0.15) is 9.78 Å². The summed E-state index contributed by atoms with van der Waals surface area (Å²) in [5.74, 6) is 2.52. The third-order valence-electron chi connectivity index (χ3n) is 5.56. The number of aliphatic imine (C=N–C) groups is 1. The van der Waals surface area contributed by atoms with E-state index in [1.807, 2.05) is 13.0 Å². The summed E-state index contributed by atoms with van der Waals surface area (Å²) in [5.41, 5.74) is 3.08. The number of benzene rings is 1. The molecule has 1 aromatic heterocycles. The van der Waals surface area contributed by atoms with E-state index < -0.39 is 0 Å². The molecule has 8 heteroatoms. The molecule has 0 saturated heterocycles. The first-order valence-corrected chi connectivity index (χ1v) is 10.8. The quantitative estimate of drug-likeness (QED) is 0.755. The summed E-state index contributed by atoms with van der Waals surface area (Å²) < 4.78 is 16.6. The van der Waals surface area contributed by atoms with E-state index in [4.69, 9.17) is 4.99 Å². The Hall–Kier alpha value is -2.22. The van der Waals surface area contributed by atoms with Crippen molar-refractivity contribution in [2.75, 3.05) is 11.9 Å². The van der Waals surface area contributed by atoms with Crippen molar-refractivity contribution in [3.63, 3.8) is 0 Å². The largest absolute Gasteiger partial charge is 0.344 e. The predicted octanol–water partition coefficient (Wildman–Crippen LogP) is 4.47. The third-order valence-corrected chi connectivity index (χ3v) is 6.53. The summed E-state index contributed by atoms with van der Waals surface area (Å²) >= 11 is 1.30. The van der Waals surface area contributed by atoms with Gasteiger partial charge in [0.2, 0.25) is 5.16 Å². The van der Waals surface area contributed by atoms with Crippen molar-refractivity contribution >= 4 is 29.0 Å². The number of nitrogens with one attached hydrogen (secondary N) is 1. The number of rotatable bonds is 5. The van der Waals surface area contributed by atoms with Crippen molar-refractivity contribution in [1.82, 2.24) is 14.9 Å². The Morgan fingerprint density at radius 3 is 3.04 bits per heavy atom. The van der Waals surface area contributed by atoms with Crippen LogP contribution >= 0.6 is 11.8 Å². The van der Waals surface area contributed by atoms with Gasteiger partial charge in [-0.15, -0.1) is 10.2 Å². The average molecular weight is 399 g/mol. The number of aryl methyl sites for hydroxylation is 1. The third kappa shape index (κ3) is 3.13. The Bertz CT molecular complexity index is 995. The van der Waals surface area contributed by atoms with Crippen molar-refractivity contribution in [3.05, 3.63) is 29.3 Å². The lowest BCUT2D eigenvalue weighted by atomic mass is 10.0. The number of halogens is 1. The summed E-state index contributed by atoms with van der Waals surface area (Å²) in [5, 5.41) is 17.0. The molecule has 1 aromatic carbocycles. The van der Waals surface area contributed by atoms with E-state index in [-0.39, 0.29) is 5.82 Å². The smallest absolute Gasteiger partial charge is 0.216 e. The molecule has 0 radical (unpaired) electrons. The molecular formula is C20H23FN6S. The second-order valence-corrected chi connectivity index (χ2v) is 8.72. The molecule has 2 aromatic rings. The van der Waals surface area contributed by atoms with Gasteiger partial charge >= 0.3 is 0 Å². The summed E-state index contributed by atoms with van der Waals surface area (Å²) in [6.07, 6.45) is 5.03. The number of hydrogen-bond donors (Lipinski definition) is 1. The van der Waals surface area contributed by atoms with E-state index in [0.29, 0.717) is 21.9 Å². The first-order valence-electron chi connectivity index (χ1n) is 9.95. The van der Waals surface area contributed by atoms with Crippen molar-refractivity contribution in [1.29, 1.82) is 0 Å². The van der Waals surface area contributed by atoms with Crippen LogP contribution in [0.25, 0.3) is 0 Å². The Labute approximate surface area is 167 Å². The second-order valence-electron chi connectivity index (χ2n) is 7.71. The standard InChI is InChI=1S/C20H23FN6S/c1-3-4-7-22-19-14-8-12(14)13-9-17(15(21)10-16(13)23-19)28-20-25-24-18-6-5-11(2)26-27(18)20/h9-10,12,14H,3-8H2,1-2H3,(H,22,23). The van der Waals surface area contributed by atoms with Gasteiger partial charge < -0.3 is 5.32 Å². The fourth-order valence-corrected chi connectivity index (χ4v) is 4.73. The topological polar surface area (TPSA) is 67.5 Å². The van der Waals surface area contributed by atoms with Crippen LogP contribution in [-0.4, -0.2) is 33.0 Å². The Morgan fingerprint density at radius 2 is 2.18 bits per heavy atom. The maximum atomic E-state index is 14.9. The monoisotopic (exact) mass is 398 g/mol. The zero-order valence-corrected chi connectivity index (χ0v) is 16.9. The Morgan fingerprint density at radius 1 is 1.29 bits per heavy atom. The molecule has 146 valence electrons. The zero-order chi connectivity index (χ0) is 19.3. The molecule has 0 amide bonds. The molecule has 6 nitrogen and oxygen atoms in total. The molecule has 2 unspecified atom stereocenters. The molecule has 1 saturated carbocycles. The fourth-order valence-electron chi connectivity index (χ4n) is 3.88. The molecule has 28 heavy (non-hydrogen) atoms. The second kappa shape index (κ2) is 6.99. The number of fused-ring (bicyclic) bond motifs is 4. The van der Waals surface area contributed by atoms with E-state index in [1.54, 1.807) is 10.7 Å². The van der Waals surface area contributed by atoms with Crippen LogP contribution in [-0.2, 0) is 6.42 Å². The minimum absolute atomic E-state index is 0.253. The van der Waals surface area contributed by atoms with Gasteiger partial charge in [0.25, 0.3) is 0 Å². The molecule has 0 spiro atoms. The molecule has 0 bridgehead atoms. The van der Waals surface area contributed by atoms with Crippen molar-refractivity contribution in [3.8, 4) is 0 Å². The molecule has 1 N–H and O–H groups in total. The number of hydrogen-bond acceptors (Lipinski definition) is 5. The van der Waals surface area contributed by atoms with Crippen molar-refractivity contribution in [2.45, 2.75) is 61.9 Å². The lowest BCUT2D eigenvalue weighted by molar-refractivity contribution is 0.600. The van der Waals surface area contributed by atoms with Crippen LogP contribution in [0.2, 0.25) is 0 Å². The van der Waals surface area contributed by atoms with E-state index >= 15 is 0 Å². The summed E-state index contributed by atoms with van der Waals surface area (Å²) in [6.45, 7) is 5.00. The van der Waals surface area contributed by atoms with Gasteiger partial charge in [-0.05, 0) is 61.6 Å². The summed E-state index contributed by atoms with van der Waals surface area (Å²) in [7, 11) is 0. The minimum Gasteiger partial charge on any atom is -0.344 e. The highest BCUT2D eigenvalue weighted by Gasteiger charge is 2.47. The SMILES string of the molecule is CCCCN=C1Nc2cc(F)c(Sc3nnc4n3N=C(C)CC4)cc2C2CC12. The van der Waals surface area contributed by atoms with Gasteiger partial charge in [-0.1, -0.05) is 13.3 Å². The first-order chi connectivity index (χ1) is 13.6. The van der Waals surface area contributed by atoms with Crippen LogP contribution in [0.1, 0.15) is 56.8 Å². The predicted molar refractivity (Wildman–Crippen MR) is 109 cm³/mol. The molecular weight excluding hydrogens is 375 g/mol. The highest BCUT2D eigenvalue weighted by atomic mass is 32.2. The zero-order valence-electron chi connectivity index (χ0n) is 16.1. The lowest BCUT2D eigenvalue weighted by Crippen LogP contribution is -2.21. The number of amidine groups is 1. The number of unbranched alkanes of at least 4 members (excludes halogenated alkanes) is 1. The molecule has 1 fully saturated rings. The number of anilines is 1. The van der Waals surface area contributed by atoms with Gasteiger partial charge in [0, 0.05) is 30.3 Å². The fraction of sp³-hybridized carbons (Fsp3) is 0.500. The van der Waals surface area contributed by atoms with Gasteiger partial charge in [0.15, 0.2) is 5.82 Å². The molecule has 3 aliphatic rings. The van der Waals surface area contributed by atoms with Crippen molar-refractivity contribution in [2.24, 2.45) is 16.0 Å². The first kappa shape index (κ1) is 17.8. The normalized spacial score (nSPS) is 23.5. The van der Waals surface area contributed by atoms with Gasteiger partial charge in [-0.25, -0.2) is 4.39 Å². The van der Waals surface area contributed by atoms with Crippen LogP contribution in [0, 0.1) is 11.7 Å². The maximum Gasteiger partial charge on any atom is 0.216 e. The van der Waals surface area contributed by atoms with E-state index in [2.05, 4.69) is 27.5 Å². The molecule has 2 aliphatic heterocycles.